The zero-order chi connectivity index (χ0) is 12.8. The summed E-state index contributed by atoms with van der Waals surface area (Å²) in [4.78, 5) is 7.96. The molecule has 0 spiro atoms. The Morgan fingerprint density at radius 2 is 1.94 bits per heavy atom. The van der Waals surface area contributed by atoms with Gasteiger partial charge in [-0.2, -0.15) is 0 Å². The van der Waals surface area contributed by atoms with Crippen LogP contribution in [0.25, 0.3) is 0 Å². The predicted octanol–water partition coefficient (Wildman–Crippen LogP) is 3.45. The Morgan fingerprint density at radius 3 is 2.72 bits per heavy atom. The lowest BCUT2D eigenvalue weighted by molar-refractivity contribution is 0.296. The van der Waals surface area contributed by atoms with E-state index in [1.807, 2.05) is 25.1 Å². The molecule has 2 aromatic rings. The minimum Gasteiger partial charge on any atom is -0.477 e. The summed E-state index contributed by atoms with van der Waals surface area (Å²) in [5.41, 5.74) is 2.11. The first-order valence-corrected chi connectivity index (χ1v) is 6.29. The van der Waals surface area contributed by atoms with Crippen LogP contribution in [0.15, 0.2) is 36.7 Å². The molecule has 0 unspecified atom stereocenters. The van der Waals surface area contributed by atoms with Crippen LogP contribution in [0.3, 0.4) is 0 Å². The van der Waals surface area contributed by atoms with Crippen molar-refractivity contribution in [2.75, 3.05) is 6.61 Å². The molecule has 0 aliphatic heterocycles. The lowest BCUT2D eigenvalue weighted by Gasteiger charge is -2.08. The van der Waals surface area contributed by atoms with E-state index in [0.29, 0.717) is 17.6 Å². The summed E-state index contributed by atoms with van der Waals surface area (Å²) in [5, 5.41) is 0.447. The van der Waals surface area contributed by atoms with Crippen molar-refractivity contribution in [3.8, 4) is 5.88 Å². The molecule has 94 valence electrons. The third-order valence-electron chi connectivity index (χ3n) is 2.67. The van der Waals surface area contributed by atoms with Gasteiger partial charge < -0.3 is 4.74 Å². The van der Waals surface area contributed by atoms with Crippen LogP contribution >= 0.6 is 11.6 Å². The van der Waals surface area contributed by atoms with Crippen molar-refractivity contribution < 1.29 is 4.74 Å². The van der Waals surface area contributed by atoms with Gasteiger partial charge in [-0.25, -0.2) is 9.97 Å². The van der Waals surface area contributed by atoms with Gasteiger partial charge in [-0.1, -0.05) is 41.9 Å². The lowest BCUT2D eigenvalue weighted by atomic mass is 10.1. The summed E-state index contributed by atoms with van der Waals surface area (Å²) in [5.74, 6) is 0.572. The molecule has 0 radical (unpaired) electrons. The SMILES string of the molecule is Cc1c(Cl)ncnc1OCCCc1ccccc1. The van der Waals surface area contributed by atoms with Gasteiger partial charge in [-0.15, -0.1) is 0 Å². The summed E-state index contributed by atoms with van der Waals surface area (Å²) >= 11 is 5.89. The van der Waals surface area contributed by atoms with Crippen molar-refractivity contribution in [1.29, 1.82) is 0 Å². The van der Waals surface area contributed by atoms with Crippen molar-refractivity contribution >= 4 is 11.6 Å². The normalized spacial score (nSPS) is 10.3. The Bertz CT molecular complexity index is 502. The second kappa shape index (κ2) is 6.36. The summed E-state index contributed by atoms with van der Waals surface area (Å²) in [6.07, 6.45) is 3.37. The van der Waals surface area contributed by atoms with E-state index in [1.165, 1.54) is 11.9 Å². The van der Waals surface area contributed by atoms with Crippen LogP contribution in [-0.4, -0.2) is 16.6 Å². The highest BCUT2D eigenvalue weighted by molar-refractivity contribution is 6.30. The van der Waals surface area contributed by atoms with Crippen molar-refractivity contribution in [2.24, 2.45) is 0 Å². The number of rotatable bonds is 5. The van der Waals surface area contributed by atoms with E-state index in [9.17, 15) is 0 Å². The van der Waals surface area contributed by atoms with E-state index in [2.05, 4.69) is 22.1 Å². The van der Waals surface area contributed by atoms with Crippen molar-refractivity contribution in [3.05, 3.63) is 52.9 Å². The minimum absolute atomic E-state index is 0.447. The molecule has 0 saturated heterocycles. The highest BCUT2D eigenvalue weighted by Crippen LogP contribution is 2.20. The highest BCUT2D eigenvalue weighted by atomic mass is 35.5. The summed E-state index contributed by atoms with van der Waals surface area (Å²) < 4.78 is 5.60. The Morgan fingerprint density at radius 1 is 1.17 bits per heavy atom. The van der Waals surface area contributed by atoms with Crippen LogP contribution in [0.1, 0.15) is 17.5 Å². The van der Waals surface area contributed by atoms with Crippen LogP contribution in [0.4, 0.5) is 0 Å². The number of hydrogen-bond donors (Lipinski definition) is 0. The minimum atomic E-state index is 0.447. The zero-order valence-electron chi connectivity index (χ0n) is 10.3. The molecular formula is C14H15ClN2O. The van der Waals surface area contributed by atoms with E-state index < -0.39 is 0 Å². The van der Waals surface area contributed by atoms with Gasteiger partial charge in [0.05, 0.1) is 6.61 Å². The second-order valence-corrected chi connectivity index (χ2v) is 4.39. The van der Waals surface area contributed by atoms with Crippen molar-refractivity contribution in [2.45, 2.75) is 19.8 Å². The van der Waals surface area contributed by atoms with Gasteiger partial charge >= 0.3 is 0 Å². The molecule has 0 aliphatic rings. The van der Waals surface area contributed by atoms with Crippen molar-refractivity contribution in [3.63, 3.8) is 0 Å². The Balaban J connectivity index is 1.81. The molecule has 1 aromatic carbocycles. The molecule has 0 atom stereocenters. The van der Waals surface area contributed by atoms with Crippen LogP contribution in [0.2, 0.25) is 5.15 Å². The quantitative estimate of drug-likeness (QED) is 0.611. The molecule has 0 aliphatic carbocycles. The number of aryl methyl sites for hydroxylation is 1. The van der Waals surface area contributed by atoms with Gasteiger partial charge in [0, 0.05) is 5.56 Å². The maximum absolute atomic E-state index is 5.89. The number of hydrogen-bond acceptors (Lipinski definition) is 3. The third-order valence-corrected chi connectivity index (χ3v) is 3.05. The van der Waals surface area contributed by atoms with Gasteiger partial charge in [0.2, 0.25) is 5.88 Å². The molecule has 2 rings (SSSR count). The zero-order valence-corrected chi connectivity index (χ0v) is 11.0. The summed E-state index contributed by atoms with van der Waals surface area (Å²) in [6.45, 7) is 2.48. The number of benzene rings is 1. The predicted molar refractivity (Wildman–Crippen MR) is 72.0 cm³/mol. The fourth-order valence-electron chi connectivity index (χ4n) is 1.65. The standard InChI is InChI=1S/C14H15ClN2O/c1-11-13(15)16-10-17-14(11)18-9-5-8-12-6-3-2-4-7-12/h2-4,6-7,10H,5,8-9H2,1H3. The summed E-state index contributed by atoms with van der Waals surface area (Å²) in [7, 11) is 0. The molecular weight excluding hydrogens is 248 g/mol. The molecule has 0 saturated carbocycles. The number of aromatic nitrogens is 2. The van der Waals surface area contributed by atoms with Gasteiger partial charge in [0.25, 0.3) is 0 Å². The van der Waals surface area contributed by atoms with Crippen molar-refractivity contribution in [1.82, 2.24) is 9.97 Å². The van der Waals surface area contributed by atoms with Crippen LogP contribution < -0.4 is 4.74 Å². The maximum Gasteiger partial charge on any atom is 0.220 e. The van der Waals surface area contributed by atoms with Crippen LogP contribution in [0, 0.1) is 6.92 Å². The maximum atomic E-state index is 5.89. The van der Waals surface area contributed by atoms with Crippen LogP contribution in [-0.2, 0) is 6.42 Å². The molecule has 18 heavy (non-hydrogen) atoms. The van der Waals surface area contributed by atoms with Crippen LogP contribution in [0.5, 0.6) is 5.88 Å². The van der Waals surface area contributed by atoms with E-state index in [-0.39, 0.29) is 0 Å². The molecule has 0 amide bonds. The average Bonchev–Trinajstić information content (AvgIpc) is 2.40. The monoisotopic (exact) mass is 262 g/mol. The van der Waals surface area contributed by atoms with E-state index in [1.54, 1.807) is 0 Å². The number of halogens is 1. The molecule has 0 N–H and O–H groups in total. The average molecular weight is 263 g/mol. The first-order chi connectivity index (χ1) is 8.77. The van der Waals surface area contributed by atoms with E-state index in [0.717, 1.165) is 18.4 Å². The Labute approximate surface area is 112 Å². The lowest BCUT2D eigenvalue weighted by Crippen LogP contribution is -2.03. The fourth-order valence-corrected chi connectivity index (χ4v) is 1.77. The van der Waals surface area contributed by atoms with E-state index in [4.69, 9.17) is 16.3 Å². The molecule has 1 heterocycles. The highest BCUT2D eigenvalue weighted by Gasteiger charge is 2.05. The topological polar surface area (TPSA) is 35.0 Å². The molecule has 3 nitrogen and oxygen atoms in total. The Hall–Kier alpha value is -1.61. The Kier molecular flexibility index (Phi) is 4.53. The first kappa shape index (κ1) is 12.8. The first-order valence-electron chi connectivity index (χ1n) is 5.91. The van der Waals surface area contributed by atoms with Gasteiger partial charge in [-0.3, -0.25) is 0 Å². The van der Waals surface area contributed by atoms with Gasteiger partial charge in [-0.05, 0) is 25.3 Å². The molecule has 1 aromatic heterocycles. The van der Waals surface area contributed by atoms with Gasteiger partial charge in [0.1, 0.15) is 11.5 Å². The molecule has 0 bridgehead atoms. The number of nitrogens with zero attached hydrogens (tertiary/aromatic N) is 2. The van der Waals surface area contributed by atoms with Gasteiger partial charge in [0.15, 0.2) is 0 Å². The van der Waals surface area contributed by atoms with E-state index >= 15 is 0 Å². The summed E-state index contributed by atoms with van der Waals surface area (Å²) in [6, 6.07) is 10.3. The third kappa shape index (κ3) is 3.44. The molecule has 0 fully saturated rings. The largest absolute Gasteiger partial charge is 0.477 e. The fraction of sp³-hybridized carbons (Fsp3) is 0.286. The smallest absolute Gasteiger partial charge is 0.220 e. The second-order valence-electron chi connectivity index (χ2n) is 4.03. The molecule has 4 heteroatoms. The number of ether oxygens (including phenoxy) is 1.